The van der Waals surface area contributed by atoms with Crippen molar-refractivity contribution >= 4 is 5.69 Å². The Kier molecular flexibility index (Phi) is 3.97. The molecule has 1 aliphatic rings. The quantitative estimate of drug-likeness (QED) is 0.615. The van der Waals surface area contributed by atoms with Crippen molar-refractivity contribution in [3.05, 3.63) is 64.0 Å². The first kappa shape index (κ1) is 13.3. The van der Waals surface area contributed by atoms with Gasteiger partial charge in [-0.1, -0.05) is 24.3 Å². The second-order valence-electron chi connectivity index (χ2n) is 4.27. The first-order valence-corrected chi connectivity index (χ1v) is 6.15. The molecule has 0 aliphatic carbocycles. The maximum absolute atomic E-state index is 10.8. The van der Waals surface area contributed by atoms with Crippen molar-refractivity contribution in [1.29, 1.82) is 0 Å². The molecule has 0 saturated heterocycles. The van der Waals surface area contributed by atoms with Crippen LogP contribution < -0.4 is 0 Å². The predicted octanol–water partition coefficient (Wildman–Crippen LogP) is 3.36. The Balaban J connectivity index is 2.22. The van der Waals surface area contributed by atoms with Crippen molar-refractivity contribution < 1.29 is 9.76 Å². The Bertz CT molecular complexity index is 537. The largest absolute Gasteiger partial charge is 0.270 e. The van der Waals surface area contributed by atoms with Crippen molar-refractivity contribution in [2.24, 2.45) is 0 Å². The second kappa shape index (κ2) is 5.67. The van der Waals surface area contributed by atoms with E-state index in [4.69, 9.17) is 4.84 Å². The van der Waals surface area contributed by atoms with Gasteiger partial charge in [-0.25, -0.2) is 5.06 Å². The molecule has 1 aromatic rings. The van der Waals surface area contributed by atoms with Crippen molar-refractivity contribution in [3.8, 4) is 0 Å². The Morgan fingerprint density at radius 1 is 1.47 bits per heavy atom. The second-order valence-corrected chi connectivity index (χ2v) is 4.27. The van der Waals surface area contributed by atoms with E-state index in [2.05, 4.69) is 0 Å². The maximum atomic E-state index is 10.8. The number of nitro groups is 1. The molecule has 0 radical (unpaired) electrons. The molecular formula is C14H16N2O3. The predicted molar refractivity (Wildman–Crippen MR) is 72.2 cm³/mol. The van der Waals surface area contributed by atoms with E-state index in [1.807, 2.05) is 38.3 Å². The molecule has 1 atom stereocenters. The van der Waals surface area contributed by atoms with E-state index in [1.54, 1.807) is 17.2 Å². The van der Waals surface area contributed by atoms with Crippen LogP contribution in [0.1, 0.15) is 25.3 Å². The van der Waals surface area contributed by atoms with Crippen LogP contribution in [0.2, 0.25) is 0 Å². The van der Waals surface area contributed by atoms with Crippen LogP contribution in [-0.4, -0.2) is 16.6 Å². The van der Waals surface area contributed by atoms with E-state index >= 15 is 0 Å². The Labute approximate surface area is 111 Å². The van der Waals surface area contributed by atoms with Gasteiger partial charge in [0.1, 0.15) is 0 Å². The molecule has 2 rings (SSSR count). The van der Waals surface area contributed by atoms with E-state index in [0.29, 0.717) is 6.61 Å². The third kappa shape index (κ3) is 3.00. The minimum Gasteiger partial charge on any atom is -0.270 e. The van der Waals surface area contributed by atoms with Gasteiger partial charge in [-0.3, -0.25) is 15.0 Å². The summed E-state index contributed by atoms with van der Waals surface area (Å²) in [6, 6.07) is 6.70. The number of nitro benzene ring substituents is 1. The lowest BCUT2D eigenvalue weighted by atomic mass is 9.96. The number of allylic oxidation sites excluding steroid dienone is 3. The molecule has 0 bridgehead atoms. The molecule has 0 spiro atoms. The van der Waals surface area contributed by atoms with E-state index < -0.39 is 0 Å². The third-order valence-electron chi connectivity index (χ3n) is 2.93. The van der Waals surface area contributed by atoms with Crippen LogP contribution in [-0.2, 0) is 4.84 Å². The summed E-state index contributed by atoms with van der Waals surface area (Å²) in [4.78, 5) is 15.8. The van der Waals surface area contributed by atoms with Crippen LogP contribution in [0.5, 0.6) is 0 Å². The van der Waals surface area contributed by atoms with E-state index in [-0.39, 0.29) is 16.5 Å². The summed E-state index contributed by atoms with van der Waals surface area (Å²) in [6.07, 6.45) is 5.83. The van der Waals surface area contributed by atoms with Crippen molar-refractivity contribution in [1.82, 2.24) is 5.06 Å². The summed E-state index contributed by atoms with van der Waals surface area (Å²) in [6.45, 7) is 4.47. The third-order valence-corrected chi connectivity index (χ3v) is 2.93. The highest BCUT2D eigenvalue weighted by Gasteiger charge is 2.16. The lowest BCUT2D eigenvalue weighted by Crippen LogP contribution is -2.19. The smallest absolute Gasteiger partial charge is 0.269 e. The molecule has 0 saturated carbocycles. The molecular weight excluding hydrogens is 244 g/mol. The number of hydroxylamine groups is 2. The normalized spacial score (nSPS) is 18.3. The first-order chi connectivity index (χ1) is 9.11. The molecule has 1 aromatic carbocycles. The molecule has 1 heterocycles. The Hall–Kier alpha value is -2.14. The van der Waals surface area contributed by atoms with Crippen LogP contribution in [0.15, 0.2) is 48.3 Å². The first-order valence-electron chi connectivity index (χ1n) is 6.15. The van der Waals surface area contributed by atoms with Crippen molar-refractivity contribution in [3.63, 3.8) is 0 Å². The molecule has 0 fully saturated rings. The lowest BCUT2D eigenvalue weighted by molar-refractivity contribution is -0.384. The molecule has 19 heavy (non-hydrogen) atoms. The fraction of sp³-hybridized carbons (Fsp3) is 0.286. The molecule has 0 amide bonds. The van der Waals surface area contributed by atoms with Gasteiger partial charge in [-0.2, -0.15) is 0 Å². The van der Waals surface area contributed by atoms with Crippen LogP contribution in [0.4, 0.5) is 5.69 Å². The van der Waals surface area contributed by atoms with Crippen LogP contribution in [0.25, 0.3) is 0 Å². The monoisotopic (exact) mass is 260 g/mol. The summed E-state index contributed by atoms with van der Waals surface area (Å²) < 4.78 is 0. The molecule has 1 unspecified atom stereocenters. The summed E-state index contributed by atoms with van der Waals surface area (Å²) in [5.74, 6) is 0.0385. The Morgan fingerprint density at radius 2 is 2.26 bits per heavy atom. The summed E-state index contributed by atoms with van der Waals surface area (Å²) >= 11 is 0. The number of benzene rings is 1. The van der Waals surface area contributed by atoms with Gasteiger partial charge >= 0.3 is 0 Å². The number of hydrogen-bond acceptors (Lipinski definition) is 4. The minimum absolute atomic E-state index is 0.0385. The van der Waals surface area contributed by atoms with Crippen LogP contribution in [0.3, 0.4) is 0 Å². The number of hydrogen-bond donors (Lipinski definition) is 0. The van der Waals surface area contributed by atoms with E-state index in [9.17, 15) is 10.1 Å². The van der Waals surface area contributed by atoms with Crippen molar-refractivity contribution in [2.45, 2.75) is 19.8 Å². The number of non-ortho nitro benzene ring substituents is 1. The zero-order valence-electron chi connectivity index (χ0n) is 10.9. The summed E-state index contributed by atoms with van der Waals surface area (Å²) in [5, 5.41) is 12.5. The minimum atomic E-state index is -0.376. The molecule has 100 valence electrons. The molecule has 5 heteroatoms. The van der Waals surface area contributed by atoms with Crippen LogP contribution >= 0.6 is 0 Å². The zero-order chi connectivity index (χ0) is 13.8. The van der Waals surface area contributed by atoms with Gasteiger partial charge in [0, 0.05) is 29.9 Å². The van der Waals surface area contributed by atoms with Gasteiger partial charge in [0.25, 0.3) is 5.69 Å². The molecule has 0 aromatic heterocycles. The highest BCUT2D eigenvalue weighted by molar-refractivity contribution is 5.40. The van der Waals surface area contributed by atoms with Gasteiger partial charge in [0.15, 0.2) is 0 Å². The van der Waals surface area contributed by atoms with E-state index in [0.717, 1.165) is 11.3 Å². The standard InChI is InChI=1S/C14H16N2O3/c1-3-19-15-8-7-13(9-11(15)2)12-5-4-6-14(10-12)16(17)18/h4-10,13H,3H2,1-2H3. The fourth-order valence-electron chi connectivity index (χ4n) is 2.01. The van der Waals surface area contributed by atoms with Gasteiger partial charge < -0.3 is 0 Å². The summed E-state index contributed by atoms with van der Waals surface area (Å²) in [5.41, 5.74) is 1.99. The van der Waals surface area contributed by atoms with Gasteiger partial charge in [0.2, 0.25) is 0 Å². The fourth-order valence-corrected chi connectivity index (χ4v) is 2.01. The van der Waals surface area contributed by atoms with Gasteiger partial charge in [-0.15, -0.1) is 0 Å². The lowest BCUT2D eigenvalue weighted by Gasteiger charge is -2.25. The SMILES string of the molecule is CCON1C=CC(c2cccc([N+](=O)[O-])c2)C=C1C. The van der Waals surface area contributed by atoms with Crippen molar-refractivity contribution in [2.75, 3.05) is 6.61 Å². The zero-order valence-corrected chi connectivity index (χ0v) is 10.9. The summed E-state index contributed by atoms with van der Waals surface area (Å²) in [7, 11) is 0. The average molecular weight is 260 g/mol. The van der Waals surface area contributed by atoms with Crippen LogP contribution in [0, 0.1) is 10.1 Å². The molecule has 0 N–H and O–H groups in total. The number of rotatable bonds is 4. The average Bonchev–Trinajstić information content (AvgIpc) is 2.41. The molecule has 5 nitrogen and oxygen atoms in total. The van der Waals surface area contributed by atoms with Gasteiger partial charge in [0.05, 0.1) is 11.5 Å². The maximum Gasteiger partial charge on any atom is 0.269 e. The highest BCUT2D eigenvalue weighted by Crippen LogP contribution is 2.28. The topological polar surface area (TPSA) is 55.6 Å². The molecule has 1 aliphatic heterocycles. The highest BCUT2D eigenvalue weighted by atomic mass is 16.7. The Morgan fingerprint density at radius 3 is 2.89 bits per heavy atom. The van der Waals surface area contributed by atoms with Gasteiger partial charge in [-0.05, 0) is 19.4 Å². The number of nitrogens with zero attached hydrogens (tertiary/aromatic N) is 2. The van der Waals surface area contributed by atoms with E-state index in [1.165, 1.54) is 6.07 Å².